The maximum Gasteiger partial charge on any atom is 0.407 e. The molecular weight excluding hydrogens is 442 g/mol. The Morgan fingerprint density at radius 1 is 0.939 bits per heavy atom. The second kappa shape index (κ2) is 12.3. The molecule has 7 nitrogen and oxygen atoms in total. The van der Waals surface area contributed by atoms with Crippen molar-refractivity contribution in [2.75, 3.05) is 13.6 Å². The number of benzene rings is 2. The molecular formula is C25H32ClN3O4. The van der Waals surface area contributed by atoms with Crippen LogP contribution in [-0.4, -0.2) is 43.1 Å². The van der Waals surface area contributed by atoms with Gasteiger partial charge in [-0.1, -0.05) is 35.9 Å². The predicted molar refractivity (Wildman–Crippen MR) is 130 cm³/mol. The lowest BCUT2D eigenvalue weighted by Gasteiger charge is -2.20. The van der Waals surface area contributed by atoms with Gasteiger partial charge in [-0.25, -0.2) is 4.79 Å². The van der Waals surface area contributed by atoms with E-state index >= 15 is 0 Å². The first-order valence-corrected chi connectivity index (χ1v) is 11.3. The quantitative estimate of drug-likeness (QED) is 0.465. The molecule has 33 heavy (non-hydrogen) atoms. The van der Waals surface area contributed by atoms with Gasteiger partial charge in [-0.2, -0.15) is 0 Å². The Hall–Kier alpha value is -3.06. The third-order valence-corrected chi connectivity index (χ3v) is 5.03. The summed E-state index contributed by atoms with van der Waals surface area (Å²) in [7, 11) is 1.53. The highest BCUT2D eigenvalue weighted by molar-refractivity contribution is 6.30. The maximum atomic E-state index is 12.7. The normalized spacial score (nSPS) is 11.9. The van der Waals surface area contributed by atoms with E-state index in [1.165, 1.54) is 7.05 Å². The molecule has 0 spiro atoms. The molecule has 0 bridgehead atoms. The Morgan fingerprint density at radius 2 is 1.52 bits per heavy atom. The first-order chi connectivity index (χ1) is 15.6. The summed E-state index contributed by atoms with van der Waals surface area (Å²) in [5.74, 6) is -0.584. The predicted octanol–water partition coefficient (Wildman–Crippen LogP) is 4.55. The molecule has 0 aromatic heterocycles. The molecule has 0 fully saturated rings. The fourth-order valence-corrected chi connectivity index (χ4v) is 3.25. The number of amides is 3. The van der Waals surface area contributed by atoms with Gasteiger partial charge in [-0.05, 0) is 75.4 Å². The Balaban J connectivity index is 1.87. The largest absolute Gasteiger partial charge is 0.444 e. The lowest BCUT2D eigenvalue weighted by molar-refractivity contribution is -0.122. The van der Waals surface area contributed by atoms with Crippen molar-refractivity contribution in [3.8, 4) is 11.1 Å². The van der Waals surface area contributed by atoms with E-state index in [9.17, 15) is 14.4 Å². The number of carbonyl (C=O) groups is 3. The number of alkyl carbamates (subject to hydrolysis) is 1. The van der Waals surface area contributed by atoms with E-state index in [0.29, 0.717) is 36.4 Å². The van der Waals surface area contributed by atoms with E-state index in [1.54, 1.807) is 32.9 Å². The minimum Gasteiger partial charge on any atom is -0.444 e. The number of ether oxygens (including phenoxy) is 1. The van der Waals surface area contributed by atoms with E-state index in [1.807, 2.05) is 36.4 Å². The third kappa shape index (κ3) is 9.14. The van der Waals surface area contributed by atoms with E-state index in [0.717, 1.165) is 11.1 Å². The zero-order valence-corrected chi connectivity index (χ0v) is 20.3. The van der Waals surface area contributed by atoms with Gasteiger partial charge in [0.05, 0.1) is 0 Å². The Morgan fingerprint density at radius 3 is 2.06 bits per heavy atom. The molecule has 3 N–H and O–H groups in total. The molecule has 1 atom stereocenters. The third-order valence-electron chi connectivity index (χ3n) is 4.78. The summed E-state index contributed by atoms with van der Waals surface area (Å²) in [6.45, 7) is 5.83. The zero-order chi connectivity index (χ0) is 24.4. The van der Waals surface area contributed by atoms with E-state index in [4.69, 9.17) is 16.3 Å². The average Bonchev–Trinajstić information content (AvgIpc) is 2.77. The topological polar surface area (TPSA) is 96.5 Å². The van der Waals surface area contributed by atoms with Crippen LogP contribution in [-0.2, 0) is 9.53 Å². The van der Waals surface area contributed by atoms with Crippen LogP contribution >= 0.6 is 11.6 Å². The molecule has 178 valence electrons. The van der Waals surface area contributed by atoms with Gasteiger partial charge in [0, 0.05) is 24.2 Å². The molecule has 3 amide bonds. The second-order valence-electron chi connectivity index (χ2n) is 8.65. The smallest absolute Gasteiger partial charge is 0.407 e. The van der Waals surface area contributed by atoms with Crippen LogP contribution < -0.4 is 16.0 Å². The molecule has 0 radical (unpaired) electrons. The number of halogens is 1. The average molecular weight is 474 g/mol. The summed E-state index contributed by atoms with van der Waals surface area (Å²) >= 11 is 5.93. The molecule has 2 rings (SSSR count). The van der Waals surface area contributed by atoms with Crippen LogP contribution in [0.25, 0.3) is 11.1 Å². The molecule has 8 heteroatoms. The standard InChI is InChI=1S/C25H32ClN3O4/c1-25(2,3)33-24(32)28-16-6-5-7-21(23(31)27-4)29-22(30)19-10-8-17(9-11-19)18-12-14-20(26)15-13-18/h8-15,21H,5-7,16H2,1-4H3,(H,27,31)(H,28,32)(H,29,30)/t21-/m0/s1. The van der Waals surface area contributed by atoms with Crippen molar-refractivity contribution in [1.82, 2.24) is 16.0 Å². The van der Waals surface area contributed by atoms with Crippen LogP contribution in [0.5, 0.6) is 0 Å². The summed E-state index contributed by atoms with van der Waals surface area (Å²) in [5, 5.41) is 8.74. The summed E-state index contributed by atoms with van der Waals surface area (Å²) in [5.41, 5.74) is 1.87. The molecule has 0 saturated heterocycles. The van der Waals surface area contributed by atoms with Crippen molar-refractivity contribution in [3.63, 3.8) is 0 Å². The van der Waals surface area contributed by atoms with Crippen molar-refractivity contribution in [3.05, 3.63) is 59.1 Å². The van der Waals surface area contributed by atoms with Crippen LogP contribution in [0.2, 0.25) is 5.02 Å². The van der Waals surface area contributed by atoms with E-state index in [2.05, 4.69) is 16.0 Å². The van der Waals surface area contributed by atoms with Gasteiger partial charge >= 0.3 is 6.09 Å². The van der Waals surface area contributed by atoms with E-state index in [-0.39, 0.29) is 11.8 Å². The van der Waals surface area contributed by atoms with Crippen molar-refractivity contribution in [2.24, 2.45) is 0 Å². The SMILES string of the molecule is CNC(=O)[C@H](CCCCNC(=O)OC(C)(C)C)NC(=O)c1ccc(-c2ccc(Cl)cc2)cc1. The number of rotatable bonds is 9. The molecule has 0 unspecified atom stereocenters. The number of nitrogens with one attached hydrogen (secondary N) is 3. The highest BCUT2D eigenvalue weighted by Crippen LogP contribution is 2.22. The molecule has 0 aliphatic rings. The molecule has 2 aromatic rings. The van der Waals surface area contributed by atoms with Crippen LogP contribution in [0.1, 0.15) is 50.4 Å². The van der Waals surface area contributed by atoms with Crippen molar-refractivity contribution in [2.45, 2.75) is 51.7 Å². The number of unbranched alkanes of at least 4 members (excludes halogenated alkanes) is 1. The maximum absolute atomic E-state index is 12.7. The zero-order valence-electron chi connectivity index (χ0n) is 19.5. The van der Waals surface area contributed by atoms with Gasteiger partial charge < -0.3 is 20.7 Å². The molecule has 0 saturated carbocycles. The minimum absolute atomic E-state index is 0.263. The van der Waals surface area contributed by atoms with Crippen molar-refractivity contribution >= 4 is 29.5 Å². The molecule has 2 aromatic carbocycles. The van der Waals surface area contributed by atoms with Gasteiger partial charge in [-0.15, -0.1) is 0 Å². The Bertz CT molecular complexity index is 938. The van der Waals surface area contributed by atoms with Crippen molar-refractivity contribution in [1.29, 1.82) is 0 Å². The summed E-state index contributed by atoms with van der Waals surface area (Å²) in [4.78, 5) is 36.6. The van der Waals surface area contributed by atoms with Crippen molar-refractivity contribution < 1.29 is 19.1 Å². The van der Waals surface area contributed by atoms with Crippen LogP contribution in [0.15, 0.2) is 48.5 Å². The van der Waals surface area contributed by atoms with Gasteiger partial charge in [0.2, 0.25) is 5.91 Å². The summed E-state index contributed by atoms with van der Waals surface area (Å²) in [6.07, 6.45) is 1.27. The number of likely N-dealkylation sites (N-methyl/N-ethyl adjacent to an activating group) is 1. The Kier molecular flexibility index (Phi) is 9.73. The second-order valence-corrected chi connectivity index (χ2v) is 9.09. The van der Waals surface area contributed by atoms with Crippen LogP contribution in [0, 0.1) is 0 Å². The monoisotopic (exact) mass is 473 g/mol. The number of hydrogen-bond acceptors (Lipinski definition) is 4. The Labute approximate surface area is 200 Å². The van der Waals surface area contributed by atoms with Gasteiger partial charge in [0.15, 0.2) is 0 Å². The number of hydrogen-bond donors (Lipinski definition) is 3. The fourth-order valence-electron chi connectivity index (χ4n) is 3.12. The molecule has 0 aliphatic carbocycles. The first kappa shape index (κ1) is 26.2. The number of carbonyl (C=O) groups excluding carboxylic acids is 3. The highest BCUT2D eigenvalue weighted by atomic mass is 35.5. The fraction of sp³-hybridized carbons (Fsp3) is 0.400. The summed E-state index contributed by atoms with van der Waals surface area (Å²) in [6, 6.07) is 14.0. The van der Waals surface area contributed by atoms with Gasteiger partial charge in [0.25, 0.3) is 5.91 Å². The van der Waals surface area contributed by atoms with Crippen LogP contribution in [0.4, 0.5) is 4.79 Å². The summed E-state index contributed by atoms with van der Waals surface area (Å²) < 4.78 is 5.19. The lowest BCUT2D eigenvalue weighted by atomic mass is 10.0. The van der Waals surface area contributed by atoms with E-state index < -0.39 is 17.7 Å². The van der Waals surface area contributed by atoms with Gasteiger partial charge in [0.1, 0.15) is 11.6 Å². The van der Waals surface area contributed by atoms with Crippen LogP contribution in [0.3, 0.4) is 0 Å². The first-order valence-electron chi connectivity index (χ1n) is 10.9. The highest BCUT2D eigenvalue weighted by Gasteiger charge is 2.20. The molecule has 0 aliphatic heterocycles. The van der Waals surface area contributed by atoms with Gasteiger partial charge in [-0.3, -0.25) is 9.59 Å². The lowest BCUT2D eigenvalue weighted by Crippen LogP contribution is -2.45. The molecule has 0 heterocycles. The minimum atomic E-state index is -0.667.